The van der Waals surface area contributed by atoms with Gasteiger partial charge in [-0.15, -0.1) is 0 Å². The molecule has 1 aromatic heterocycles. The van der Waals surface area contributed by atoms with Crippen molar-refractivity contribution < 1.29 is 20.1 Å². The number of aromatic nitrogens is 1. The topological polar surface area (TPSA) is 103 Å². The highest BCUT2D eigenvalue weighted by Gasteiger charge is 2.27. The summed E-state index contributed by atoms with van der Waals surface area (Å²) < 4.78 is 1.45. The molecule has 0 aromatic carbocycles. The van der Waals surface area contributed by atoms with Crippen LogP contribution < -0.4 is 5.43 Å². The molecule has 1 heterocycles. The van der Waals surface area contributed by atoms with Crippen LogP contribution in [0.1, 0.15) is 32.0 Å². The molecule has 2 unspecified atom stereocenters. The van der Waals surface area contributed by atoms with Gasteiger partial charge in [-0.25, -0.2) is 4.79 Å². The lowest BCUT2D eigenvalue weighted by Gasteiger charge is -2.27. The number of rotatable bonds is 8. The second kappa shape index (κ2) is 7.95. The Balaban J connectivity index is 3.33. The van der Waals surface area contributed by atoms with Gasteiger partial charge in [0.25, 0.3) is 0 Å². The maximum Gasteiger partial charge on any atom is 0.326 e. The maximum absolute atomic E-state index is 11.7. The first-order valence-electron chi connectivity index (χ1n) is 7.28. The van der Waals surface area contributed by atoms with Crippen LogP contribution in [-0.2, 0) is 11.3 Å². The van der Waals surface area contributed by atoms with E-state index in [2.05, 4.69) is 0 Å². The monoisotopic (exact) mass is 312 g/mol. The van der Waals surface area contributed by atoms with E-state index < -0.39 is 23.2 Å². The Kier molecular flexibility index (Phi) is 6.58. The third-order valence-corrected chi connectivity index (χ3v) is 3.79. The van der Waals surface area contributed by atoms with Gasteiger partial charge in [-0.3, -0.25) is 9.69 Å². The van der Waals surface area contributed by atoms with E-state index in [0.717, 1.165) is 0 Å². The Morgan fingerprint density at radius 1 is 1.45 bits per heavy atom. The largest absolute Gasteiger partial charge is 0.503 e. The number of pyridine rings is 1. The highest BCUT2D eigenvalue weighted by molar-refractivity contribution is 5.72. The highest BCUT2D eigenvalue weighted by atomic mass is 16.4. The van der Waals surface area contributed by atoms with E-state index in [1.54, 1.807) is 11.9 Å². The fourth-order valence-corrected chi connectivity index (χ4v) is 2.35. The van der Waals surface area contributed by atoms with Crippen molar-refractivity contribution in [1.29, 1.82) is 0 Å². The summed E-state index contributed by atoms with van der Waals surface area (Å²) in [6.45, 7) is 4.37. The minimum absolute atomic E-state index is 0.0352. The molecule has 7 nitrogen and oxygen atoms in total. The van der Waals surface area contributed by atoms with Gasteiger partial charge in [0.2, 0.25) is 5.43 Å². The lowest BCUT2D eigenvalue weighted by molar-refractivity contribution is -0.142. The van der Waals surface area contributed by atoms with Crippen LogP contribution in [0, 0.1) is 5.92 Å². The van der Waals surface area contributed by atoms with Gasteiger partial charge in [0.1, 0.15) is 6.04 Å². The molecule has 124 valence electrons. The van der Waals surface area contributed by atoms with Gasteiger partial charge < -0.3 is 19.9 Å². The Morgan fingerprint density at radius 3 is 2.59 bits per heavy atom. The first-order valence-corrected chi connectivity index (χ1v) is 7.28. The zero-order chi connectivity index (χ0) is 16.9. The lowest BCUT2D eigenvalue weighted by Crippen LogP contribution is -2.31. The third-order valence-electron chi connectivity index (χ3n) is 3.79. The summed E-state index contributed by atoms with van der Waals surface area (Å²) >= 11 is 0. The van der Waals surface area contributed by atoms with Crippen LogP contribution in [0.5, 0.6) is 5.75 Å². The van der Waals surface area contributed by atoms with E-state index >= 15 is 0 Å². The van der Waals surface area contributed by atoms with Crippen LogP contribution in [0.3, 0.4) is 0 Å². The van der Waals surface area contributed by atoms with E-state index in [1.807, 2.05) is 13.8 Å². The predicted molar refractivity (Wildman–Crippen MR) is 81.9 cm³/mol. The lowest BCUT2D eigenvalue weighted by atomic mass is 9.98. The molecule has 0 aliphatic heterocycles. The minimum Gasteiger partial charge on any atom is -0.503 e. The van der Waals surface area contributed by atoms with Gasteiger partial charge in [0, 0.05) is 24.8 Å². The normalized spacial score (nSPS) is 14.0. The summed E-state index contributed by atoms with van der Waals surface area (Å²) in [5.41, 5.74) is -0.0524. The third kappa shape index (κ3) is 4.32. The van der Waals surface area contributed by atoms with E-state index in [4.69, 9.17) is 5.11 Å². The van der Waals surface area contributed by atoms with Crippen LogP contribution in [0.15, 0.2) is 17.1 Å². The number of hydrogen-bond donors (Lipinski definition) is 3. The molecule has 0 aliphatic rings. The minimum atomic E-state index is -1.01. The van der Waals surface area contributed by atoms with Crippen molar-refractivity contribution in [3.05, 3.63) is 28.2 Å². The van der Waals surface area contributed by atoms with Gasteiger partial charge in [-0.1, -0.05) is 20.3 Å². The van der Waals surface area contributed by atoms with Crippen LogP contribution in [0.2, 0.25) is 0 Å². The van der Waals surface area contributed by atoms with Crippen LogP contribution in [-0.4, -0.2) is 51.0 Å². The van der Waals surface area contributed by atoms with Gasteiger partial charge in [0.15, 0.2) is 5.75 Å². The molecular formula is C15H24N2O5. The van der Waals surface area contributed by atoms with Crippen molar-refractivity contribution in [2.75, 3.05) is 20.2 Å². The van der Waals surface area contributed by atoms with Crippen molar-refractivity contribution in [1.82, 2.24) is 9.47 Å². The Bertz CT molecular complexity index is 570. The number of aliphatic hydroxyl groups is 1. The molecule has 3 N–H and O–H groups in total. The average molecular weight is 312 g/mol. The summed E-state index contributed by atoms with van der Waals surface area (Å²) in [7, 11) is 1.76. The summed E-state index contributed by atoms with van der Waals surface area (Å²) in [6.07, 6.45) is 1.84. The fourth-order valence-electron chi connectivity index (χ4n) is 2.35. The molecule has 1 aromatic rings. The van der Waals surface area contributed by atoms with Crippen molar-refractivity contribution in [2.45, 2.75) is 32.9 Å². The molecule has 0 spiro atoms. The van der Waals surface area contributed by atoms with Gasteiger partial charge >= 0.3 is 5.97 Å². The summed E-state index contributed by atoms with van der Waals surface area (Å²) in [5.74, 6) is -1.65. The molecule has 0 radical (unpaired) electrons. The second-order valence-electron chi connectivity index (χ2n) is 5.55. The molecule has 2 atom stereocenters. The van der Waals surface area contributed by atoms with Crippen LogP contribution >= 0.6 is 0 Å². The van der Waals surface area contributed by atoms with E-state index in [-0.39, 0.29) is 12.5 Å². The molecule has 0 fully saturated rings. The number of likely N-dealkylation sites (N-methyl/N-ethyl adjacent to an activating group) is 1. The van der Waals surface area contributed by atoms with Crippen molar-refractivity contribution in [3.8, 4) is 5.75 Å². The number of nitrogens with zero attached hydrogens (tertiary/aromatic N) is 2. The van der Waals surface area contributed by atoms with Crippen LogP contribution in [0.25, 0.3) is 0 Å². The SMILES string of the molecule is CCC(C)C(C(=O)O)n1cc(O)c(=O)cc1CN(C)CCO. The second-order valence-corrected chi connectivity index (χ2v) is 5.55. The molecule has 22 heavy (non-hydrogen) atoms. The number of aromatic hydroxyl groups is 1. The van der Waals surface area contributed by atoms with Gasteiger partial charge in [-0.05, 0) is 13.0 Å². The molecule has 1 rings (SSSR count). The average Bonchev–Trinajstić information content (AvgIpc) is 2.43. The number of carbonyl (C=O) groups is 1. The summed E-state index contributed by atoms with van der Waals surface area (Å²) in [4.78, 5) is 25.1. The standard InChI is InChI=1S/C15H24N2O5/c1-4-10(2)14(15(21)22)17-9-13(20)12(19)7-11(17)8-16(3)5-6-18/h7,9-10,14,18,20H,4-6,8H2,1-3H3,(H,21,22). The first kappa shape index (κ1) is 18.2. The Morgan fingerprint density at radius 2 is 2.09 bits per heavy atom. The van der Waals surface area contributed by atoms with E-state index in [9.17, 15) is 19.8 Å². The maximum atomic E-state index is 11.7. The van der Waals surface area contributed by atoms with Gasteiger partial charge in [0.05, 0.1) is 12.8 Å². The summed E-state index contributed by atoms with van der Waals surface area (Å²) in [5, 5.41) is 28.1. The molecular weight excluding hydrogens is 288 g/mol. The number of aliphatic carboxylic acids is 1. The molecule has 0 saturated heterocycles. The number of aliphatic hydroxyl groups excluding tert-OH is 1. The smallest absolute Gasteiger partial charge is 0.326 e. The summed E-state index contributed by atoms with van der Waals surface area (Å²) in [6, 6.07) is 0.385. The molecule has 0 amide bonds. The number of carboxylic acids is 1. The predicted octanol–water partition coefficient (Wildman–Crippen LogP) is 0.650. The van der Waals surface area contributed by atoms with E-state index in [1.165, 1.54) is 16.8 Å². The Hall–Kier alpha value is -1.86. The first-order chi connectivity index (χ1) is 10.3. The molecule has 0 saturated carbocycles. The quantitative estimate of drug-likeness (QED) is 0.651. The van der Waals surface area contributed by atoms with Crippen molar-refractivity contribution in [2.24, 2.45) is 5.92 Å². The van der Waals surface area contributed by atoms with Crippen LogP contribution in [0.4, 0.5) is 0 Å². The fraction of sp³-hybridized carbons (Fsp3) is 0.600. The number of carboxylic acid groups (broad SMARTS) is 1. The highest BCUT2D eigenvalue weighted by Crippen LogP contribution is 2.24. The van der Waals surface area contributed by atoms with Gasteiger partial charge in [-0.2, -0.15) is 0 Å². The molecule has 7 heteroatoms. The number of hydrogen-bond acceptors (Lipinski definition) is 5. The van der Waals surface area contributed by atoms with Crippen molar-refractivity contribution in [3.63, 3.8) is 0 Å². The molecule has 0 bridgehead atoms. The Labute approximate surface area is 129 Å². The zero-order valence-corrected chi connectivity index (χ0v) is 13.2. The van der Waals surface area contributed by atoms with Crippen molar-refractivity contribution >= 4 is 5.97 Å². The molecule has 0 aliphatic carbocycles. The zero-order valence-electron chi connectivity index (χ0n) is 13.2. The van der Waals surface area contributed by atoms with E-state index in [0.29, 0.717) is 25.2 Å².